The molecule has 1 nitrogen and oxygen atoms in total. The van der Waals surface area contributed by atoms with E-state index in [0.717, 1.165) is 18.4 Å². The molecule has 1 rings (SSSR count). The second-order valence-electron chi connectivity index (χ2n) is 3.89. The minimum atomic E-state index is -0.0877. The molecular formula is C12H16Cl3N. The molecule has 0 radical (unpaired) electrons. The summed E-state index contributed by atoms with van der Waals surface area (Å²) in [6, 6.07) is 3.34. The zero-order valence-corrected chi connectivity index (χ0v) is 11.5. The van der Waals surface area contributed by atoms with Crippen molar-refractivity contribution in [3.05, 3.63) is 32.8 Å². The summed E-state index contributed by atoms with van der Waals surface area (Å²) in [6.45, 7) is 2.16. The summed E-state index contributed by atoms with van der Waals surface area (Å²) in [7, 11) is 0. The Morgan fingerprint density at radius 1 is 1.19 bits per heavy atom. The largest absolute Gasteiger partial charge is 0.324 e. The fraction of sp³-hybridized carbons (Fsp3) is 0.500. The van der Waals surface area contributed by atoms with Crippen molar-refractivity contribution < 1.29 is 0 Å². The Morgan fingerprint density at radius 2 is 1.88 bits per heavy atom. The molecule has 0 aromatic heterocycles. The van der Waals surface area contributed by atoms with E-state index in [1.165, 1.54) is 12.8 Å². The average molecular weight is 281 g/mol. The van der Waals surface area contributed by atoms with Crippen molar-refractivity contribution in [1.29, 1.82) is 0 Å². The maximum Gasteiger partial charge on any atom is 0.0641 e. The Kier molecular flexibility index (Phi) is 5.91. The van der Waals surface area contributed by atoms with Crippen molar-refractivity contribution in [1.82, 2.24) is 0 Å². The zero-order valence-electron chi connectivity index (χ0n) is 9.27. The van der Waals surface area contributed by atoms with Gasteiger partial charge in [0, 0.05) is 11.1 Å². The van der Waals surface area contributed by atoms with Crippen LogP contribution < -0.4 is 5.73 Å². The van der Waals surface area contributed by atoms with Crippen LogP contribution in [0.2, 0.25) is 15.1 Å². The van der Waals surface area contributed by atoms with Crippen LogP contribution in [-0.4, -0.2) is 0 Å². The lowest BCUT2D eigenvalue weighted by molar-refractivity contribution is 0.581. The molecule has 0 fully saturated rings. The van der Waals surface area contributed by atoms with Crippen molar-refractivity contribution in [2.45, 2.75) is 38.6 Å². The van der Waals surface area contributed by atoms with Crippen LogP contribution >= 0.6 is 34.8 Å². The highest BCUT2D eigenvalue weighted by molar-refractivity contribution is 6.43. The van der Waals surface area contributed by atoms with E-state index in [2.05, 4.69) is 6.92 Å². The Hall–Kier alpha value is 0.0500. The molecule has 4 heteroatoms. The number of hydrogen-bond acceptors (Lipinski definition) is 1. The van der Waals surface area contributed by atoms with Crippen LogP contribution in [0.3, 0.4) is 0 Å². The van der Waals surface area contributed by atoms with Crippen molar-refractivity contribution >= 4 is 34.8 Å². The van der Waals surface area contributed by atoms with Crippen molar-refractivity contribution in [3.8, 4) is 0 Å². The summed E-state index contributed by atoms with van der Waals surface area (Å²) < 4.78 is 0. The minimum absolute atomic E-state index is 0.0877. The second kappa shape index (κ2) is 6.70. The van der Waals surface area contributed by atoms with Gasteiger partial charge >= 0.3 is 0 Å². The van der Waals surface area contributed by atoms with Gasteiger partial charge in [0.15, 0.2) is 0 Å². The fourth-order valence-corrected chi connectivity index (χ4v) is 2.37. The highest BCUT2D eigenvalue weighted by Gasteiger charge is 2.13. The zero-order chi connectivity index (χ0) is 12.1. The lowest BCUT2D eigenvalue weighted by atomic mass is 10.0. The average Bonchev–Trinajstić information content (AvgIpc) is 2.23. The predicted molar refractivity (Wildman–Crippen MR) is 72.5 cm³/mol. The normalized spacial score (nSPS) is 12.8. The second-order valence-corrected chi connectivity index (χ2v) is 5.11. The van der Waals surface area contributed by atoms with Gasteiger partial charge in [-0.2, -0.15) is 0 Å². The topological polar surface area (TPSA) is 26.0 Å². The molecule has 0 heterocycles. The number of benzene rings is 1. The third kappa shape index (κ3) is 3.81. The lowest BCUT2D eigenvalue weighted by Gasteiger charge is -2.14. The molecule has 0 aliphatic heterocycles. The first-order valence-corrected chi connectivity index (χ1v) is 6.59. The summed E-state index contributed by atoms with van der Waals surface area (Å²) >= 11 is 18.0. The van der Waals surface area contributed by atoms with Crippen LogP contribution in [0.25, 0.3) is 0 Å². The summed E-state index contributed by atoms with van der Waals surface area (Å²) in [4.78, 5) is 0. The third-order valence-corrected chi connectivity index (χ3v) is 3.57. The quantitative estimate of drug-likeness (QED) is 0.580. The maximum atomic E-state index is 6.10. The van der Waals surface area contributed by atoms with Crippen molar-refractivity contribution in [2.24, 2.45) is 5.73 Å². The standard InChI is InChI=1S/C12H16Cl3N/c1-2-3-4-5-11(16)9-6-8(13)7-10(14)12(9)15/h6-7,11H,2-5,16H2,1H3/t11-/m0/s1. The van der Waals surface area contributed by atoms with E-state index in [1.807, 2.05) is 0 Å². The molecule has 0 bridgehead atoms. The summed E-state index contributed by atoms with van der Waals surface area (Å²) in [5.41, 5.74) is 6.92. The van der Waals surface area contributed by atoms with Gasteiger partial charge in [0.1, 0.15) is 0 Å². The molecule has 1 atom stereocenters. The van der Waals surface area contributed by atoms with Gasteiger partial charge in [-0.1, -0.05) is 61.0 Å². The van der Waals surface area contributed by atoms with Crippen LogP contribution in [0, 0.1) is 0 Å². The monoisotopic (exact) mass is 279 g/mol. The van der Waals surface area contributed by atoms with E-state index in [9.17, 15) is 0 Å². The van der Waals surface area contributed by atoms with E-state index in [0.29, 0.717) is 15.1 Å². The van der Waals surface area contributed by atoms with Gasteiger partial charge in [-0.05, 0) is 24.1 Å². The molecule has 0 spiro atoms. The van der Waals surface area contributed by atoms with Crippen molar-refractivity contribution in [3.63, 3.8) is 0 Å². The number of nitrogens with two attached hydrogens (primary N) is 1. The molecule has 0 aliphatic carbocycles. The number of halogens is 3. The van der Waals surface area contributed by atoms with Crippen LogP contribution in [0.1, 0.15) is 44.2 Å². The van der Waals surface area contributed by atoms with E-state index in [-0.39, 0.29) is 6.04 Å². The molecule has 0 unspecified atom stereocenters. The molecule has 16 heavy (non-hydrogen) atoms. The maximum absolute atomic E-state index is 6.10. The van der Waals surface area contributed by atoms with E-state index >= 15 is 0 Å². The smallest absolute Gasteiger partial charge is 0.0641 e. The van der Waals surface area contributed by atoms with Crippen LogP contribution in [0.4, 0.5) is 0 Å². The lowest BCUT2D eigenvalue weighted by Crippen LogP contribution is -2.10. The third-order valence-electron chi connectivity index (χ3n) is 2.54. The summed E-state index contributed by atoms with van der Waals surface area (Å²) in [6.07, 6.45) is 4.36. The molecule has 90 valence electrons. The first-order chi connectivity index (χ1) is 7.56. The molecule has 0 saturated carbocycles. The first-order valence-electron chi connectivity index (χ1n) is 5.46. The molecule has 0 saturated heterocycles. The molecule has 2 N–H and O–H groups in total. The van der Waals surface area contributed by atoms with Crippen LogP contribution in [0.5, 0.6) is 0 Å². The Bertz CT molecular complexity index is 352. The highest BCUT2D eigenvalue weighted by Crippen LogP contribution is 2.34. The van der Waals surface area contributed by atoms with Crippen LogP contribution in [-0.2, 0) is 0 Å². The number of rotatable bonds is 5. The molecular weight excluding hydrogens is 264 g/mol. The molecule has 0 amide bonds. The van der Waals surface area contributed by atoms with E-state index in [1.54, 1.807) is 12.1 Å². The fourth-order valence-electron chi connectivity index (χ4n) is 1.62. The molecule has 0 aliphatic rings. The summed E-state index contributed by atoms with van der Waals surface area (Å²) in [5, 5.41) is 1.57. The number of hydrogen-bond donors (Lipinski definition) is 1. The SMILES string of the molecule is CCCCC[C@H](N)c1cc(Cl)cc(Cl)c1Cl. The van der Waals surface area contributed by atoms with Gasteiger partial charge in [-0.3, -0.25) is 0 Å². The molecule has 1 aromatic carbocycles. The predicted octanol–water partition coefficient (Wildman–Crippen LogP) is 5.23. The van der Waals surface area contributed by atoms with Crippen molar-refractivity contribution in [2.75, 3.05) is 0 Å². The van der Waals surface area contributed by atoms with Gasteiger partial charge in [0.25, 0.3) is 0 Å². The van der Waals surface area contributed by atoms with Crippen LogP contribution in [0.15, 0.2) is 12.1 Å². The highest BCUT2D eigenvalue weighted by atomic mass is 35.5. The Labute approximate surface area is 112 Å². The molecule has 1 aromatic rings. The number of unbranched alkanes of at least 4 members (excludes halogenated alkanes) is 2. The van der Waals surface area contributed by atoms with Gasteiger partial charge in [0.05, 0.1) is 10.0 Å². The van der Waals surface area contributed by atoms with Gasteiger partial charge in [0.2, 0.25) is 0 Å². The Morgan fingerprint density at radius 3 is 2.50 bits per heavy atom. The first kappa shape index (κ1) is 14.1. The Balaban J connectivity index is 2.78. The van der Waals surface area contributed by atoms with Gasteiger partial charge in [-0.15, -0.1) is 0 Å². The minimum Gasteiger partial charge on any atom is -0.324 e. The summed E-state index contributed by atoms with van der Waals surface area (Å²) in [5.74, 6) is 0. The van der Waals surface area contributed by atoms with Gasteiger partial charge in [-0.25, -0.2) is 0 Å². The van der Waals surface area contributed by atoms with E-state index < -0.39 is 0 Å². The van der Waals surface area contributed by atoms with E-state index in [4.69, 9.17) is 40.5 Å². The van der Waals surface area contributed by atoms with Gasteiger partial charge < -0.3 is 5.73 Å².